The number of ketones is 1. The maximum absolute atomic E-state index is 11.7. The smallest absolute Gasteiger partial charge is 0.240 e. The Kier molecular flexibility index (Phi) is 14.5. The molecule has 0 aromatic carbocycles. The van der Waals surface area contributed by atoms with E-state index < -0.39 is 23.9 Å². The summed E-state index contributed by atoms with van der Waals surface area (Å²) in [5.74, 6) is -1.31. The number of carbonyl (C=O) groups is 3. The normalized spacial score (nSPS) is 12.7. The van der Waals surface area contributed by atoms with Crippen molar-refractivity contribution in [1.29, 1.82) is 0 Å². The highest BCUT2D eigenvalue weighted by Gasteiger charge is 2.22. The minimum atomic E-state index is -0.740. The third-order valence-electron chi connectivity index (χ3n) is 2.72. The zero-order valence-electron chi connectivity index (χ0n) is 14.2. The number of amides is 2. The average molecular weight is 333 g/mol. The topological polar surface area (TPSA) is 174 Å². The Morgan fingerprint density at radius 3 is 2.09 bits per heavy atom. The Balaban J connectivity index is 0. The average Bonchev–Trinajstić information content (AvgIpc) is 2.50. The molecule has 0 bridgehead atoms. The maximum atomic E-state index is 11.7. The van der Waals surface area contributed by atoms with E-state index in [4.69, 9.17) is 22.3 Å². The van der Waals surface area contributed by atoms with Gasteiger partial charge in [0.25, 0.3) is 0 Å². The van der Waals surface area contributed by atoms with E-state index in [-0.39, 0.29) is 31.4 Å². The second-order valence-electron chi connectivity index (χ2n) is 5.13. The van der Waals surface area contributed by atoms with E-state index in [1.165, 1.54) is 0 Å². The molecule has 0 fully saturated rings. The highest BCUT2D eigenvalue weighted by molar-refractivity contribution is 5.92. The van der Waals surface area contributed by atoms with Crippen LogP contribution in [0, 0.1) is 5.92 Å². The van der Waals surface area contributed by atoms with Gasteiger partial charge < -0.3 is 32.9 Å². The van der Waals surface area contributed by atoms with E-state index in [0.29, 0.717) is 13.0 Å². The minimum Gasteiger partial charge on any atom is -0.397 e. The van der Waals surface area contributed by atoms with Crippen LogP contribution in [0.25, 0.3) is 0 Å². The van der Waals surface area contributed by atoms with Gasteiger partial charge in [-0.25, -0.2) is 0 Å². The number of rotatable bonds is 9. The Morgan fingerprint density at radius 1 is 1.17 bits per heavy atom. The van der Waals surface area contributed by atoms with Gasteiger partial charge in [-0.1, -0.05) is 13.8 Å². The Labute approximate surface area is 137 Å². The van der Waals surface area contributed by atoms with E-state index in [1.807, 2.05) is 0 Å². The molecule has 0 saturated carbocycles. The second-order valence-corrected chi connectivity index (χ2v) is 5.13. The molecular weight excluding hydrogens is 302 g/mol. The number of hydrogen-bond acceptors (Lipinski definition) is 7. The first kappa shape index (κ1) is 23.7. The number of Topliss-reactive ketones (excluding diaryl/α,β-unsaturated/α-hetero) is 1. The van der Waals surface area contributed by atoms with Gasteiger partial charge in [0.05, 0.1) is 18.6 Å². The predicted octanol–water partition coefficient (Wildman–Crippen LogP) is -2.55. The number of nitrogens with two attached hydrogens (primary N) is 3. The quantitative estimate of drug-likeness (QED) is 0.269. The lowest BCUT2D eigenvalue weighted by atomic mass is 10.0. The maximum Gasteiger partial charge on any atom is 0.240 e. The largest absolute Gasteiger partial charge is 0.397 e. The molecule has 0 radical (unpaired) electrons. The molecule has 0 aromatic rings. The minimum absolute atomic E-state index is 0.0172. The molecule has 136 valence electrons. The molecule has 23 heavy (non-hydrogen) atoms. The van der Waals surface area contributed by atoms with Crippen molar-refractivity contribution in [2.75, 3.05) is 26.2 Å². The van der Waals surface area contributed by atoms with E-state index in [9.17, 15) is 14.4 Å². The van der Waals surface area contributed by atoms with Crippen LogP contribution in [-0.2, 0) is 14.4 Å². The fourth-order valence-electron chi connectivity index (χ4n) is 1.50. The first-order valence-electron chi connectivity index (χ1n) is 7.62. The molecule has 2 amide bonds. The van der Waals surface area contributed by atoms with E-state index in [1.54, 1.807) is 20.8 Å². The fraction of sp³-hybridized carbons (Fsp3) is 0.786. The number of nitrogens with one attached hydrogen (secondary N) is 2. The molecule has 0 aliphatic heterocycles. The lowest BCUT2D eigenvalue weighted by Crippen LogP contribution is -2.51. The predicted molar refractivity (Wildman–Crippen MR) is 88.2 cm³/mol. The summed E-state index contributed by atoms with van der Waals surface area (Å²) in [7, 11) is 0. The van der Waals surface area contributed by atoms with Crippen molar-refractivity contribution in [3.05, 3.63) is 0 Å². The molecule has 0 spiro atoms. The van der Waals surface area contributed by atoms with Gasteiger partial charge in [0.1, 0.15) is 0 Å². The summed E-state index contributed by atoms with van der Waals surface area (Å²) >= 11 is 0. The highest BCUT2D eigenvalue weighted by atomic mass is 16.2. The van der Waals surface area contributed by atoms with Crippen LogP contribution in [0.4, 0.5) is 0 Å². The van der Waals surface area contributed by atoms with Crippen molar-refractivity contribution in [3.63, 3.8) is 0 Å². The molecule has 0 aromatic heterocycles. The van der Waals surface area contributed by atoms with Crippen LogP contribution >= 0.6 is 0 Å². The SMILES string of the molecule is CC(C)C(=O)C(CN)NC(=O)CNC(=O)C(N)CCN.CCO. The van der Waals surface area contributed by atoms with Crippen molar-refractivity contribution in [1.82, 2.24) is 10.6 Å². The van der Waals surface area contributed by atoms with Crippen molar-refractivity contribution in [3.8, 4) is 0 Å². The van der Waals surface area contributed by atoms with Gasteiger partial charge in [-0.15, -0.1) is 0 Å². The zero-order chi connectivity index (χ0) is 18.4. The van der Waals surface area contributed by atoms with Crippen molar-refractivity contribution < 1.29 is 19.5 Å². The fourth-order valence-corrected chi connectivity index (χ4v) is 1.50. The summed E-state index contributed by atoms with van der Waals surface area (Å²) in [6.07, 6.45) is 0.338. The second kappa shape index (κ2) is 14.1. The van der Waals surface area contributed by atoms with E-state index in [2.05, 4.69) is 10.6 Å². The number of aliphatic hydroxyl groups excluding tert-OH is 1. The monoisotopic (exact) mass is 333 g/mol. The van der Waals surface area contributed by atoms with Crippen LogP contribution in [0.2, 0.25) is 0 Å². The Hall–Kier alpha value is -1.55. The molecule has 9 N–H and O–H groups in total. The number of carbonyl (C=O) groups excluding carboxylic acids is 3. The molecule has 0 aliphatic carbocycles. The lowest BCUT2D eigenvalue weighted by Gasteiger charge is -2.18. The van der Waals surface area contributed by atoms with Crippen molar-refractivity contribution in [2.45, 2.75) is 39.3 Å². The first-order chi connectivity index (χ1) is 10.7. The van der Waals surface area contributed by atoms with Crippen LogP contribution in [0.3, 0.4) is 0 Å². The summed E-state index contributed by atoms with van der Waals surface area (Å²) < 4.78 is 0. The standard InChI is InChI=1S/C12H25N5O3.C2H6O/c1-7(2)11(19)9(5-14)17-10(18)6-16-12(20)8(15)3-4-13;1-2-3/h7-9H,3-6,13-15H2,1-2H3,(H,16,20)(H,17,18);3H,2H2,1H3. The van der Waals surface area contributed by atoms with Gasteiger partial charge >= 0.3 is 0 Å². The van der Waals surface area contributed by atoms with Gasteiger partial charge in [0.15, 0.2) is 5.78 Å². The molecule has 0 aliphatic rings. The third-order valence-corrected chi connectivity index (χ3v) is 2.72. The highest BCUT2D eigenvalue weighted by Crippen LogP contribution is 1.98. The van der Waals surface area contributed by atoms with Crippen LogP contribution in [0.15, 0.2) is 0 Å². The summed E-state index contributed by atoms with van der Waals surface area (Å²) in [6, 6.07) is -1.48. The van der Waals surface area contributed by atoms with Gasteiger partial charge in [-0.2, -0.15) is 0 Å². The van der Waals surface area contributed by atoms with Crippen LogP contribution in [0.1, 0.15) is 27.2 Å². The molecule has 9 heteroatoms. The number of aliphatic hydroxyl groups is 1. The van der Waals surface area contributed by atoms with Crippen molar-refractivity contribution in [2.24, 2.45) is 23.1 Å². The third kappa shape index (κ3) is 11.6. The van der Waals surface area contributed by atoms with Crippen LogP contribution in [0.5, 0.6) is 0 Å². The van der Waals surface area contributed by atoms with Crippen LogP contribution in [-0.4, -0.2) is 61.0 Å². The molecule has 9 nitrogen and oxygen atoms in total. The van der Waals surface area contributed by atoms with Crippen LogP contribution < -0.4 is 27.8 Å². The van der Waals surface area contributed by atoms with Gasteiger partial charge in [-0.3, -0.25) is 14.4 Å². The van der Waals surface area contributed by atoms with Gasteiger partial charge in [-0.05, 0) is 19.9 Å². The molecule has 0 saturated heterocycles. The Bertz CT molecular complexity index is 363. The summed E-state index contributed by atoms with van der Waals surface area (Å²) in [4.78, 5) is 34.8. The molecule has 0 rings (SSSR count). The van der Waals surface area contributed by atoms with E-state index in [0.717, 1.165) is 0 Å². The van der Waals surface area contributed by atoms with Crippen molar-refractivity contribution >= 4 is 17.6 Å². The van der Waals surface area contributed by atoms with Gasteiger partial charge in [0, 0.05) is 19.1 Å². The van der Waals surface area contributed by atoms with E-state index >= 15 is 0 Å². The summed E-state index contributed by atoms with van der Waals surface area (Å²) in [5.41, 5.74) is 16.3. The summed E-state index contributed by atoms with van der Waals surface area (Å²) in [5, 5.41) is 12.4. The molecule has 2 unspecified atom stereocenters. The molecule has 2 atom stereocenters. The Morgan fingerprint density at radius 2 is 1.70 bits per heavy atom. The molecular formula is C14H31N5O4. The zero-order valence-corrected chi connectivity index (χ0v) is 14.2. The first-order valence-corrected chi connectivity index (χ1v) is 7.62. The molecule has 0 heterocycles. The number of hydrogen-bond donors (Lipinski definition) is 6. The summed E-state index contributed by atoms with van der Waals surface area (Å²) in [6.45, 7) is 5.44. The van der Waals surface area contributed by atoms with Gasteiger partial charge in [0.2, 0.25) is 11.8 Å². The lowest BCUT2D eigenvalue weighted by molar-refractivity contribution is -0.130.